The van der Waals surface area contributed by atoms with Gasteiger partial charge in [0.1, 0.15) is 5.78 Å². The van der Waals surface area contributed by atoms with Crippen LogP contribution in [0.15, 0.2) is 27.8 Å². The molecule has 0 aromatic heterocycles. The zero-order valence-corrected chi connectivity index (χ0v) is 26.0. The average molecular weight is 588 g/mol. The highest BCUT2D eigenvalue weighted by molar-refractivity contribution is 6.01. The fourth-order valence-corrected chi connectivity index (χ4v) is 9.67. The second kappa shape index (κ2) is 10.6. The van der Waals surface area contributed by atoms with Crippen molar-refractivity contribution in [3.8, 4) is 0 Å². The molecule has 10 heteroatoms. The molecule has 4 rings (SSSR count). The number of carboxylic acids is 1. The maximum Gasteiger partial charge on any atom is 0.331 e. The molecule has 0 amide bonds. The first-order valence-corrected chi connectivity index (χ1v) is 15.1. The number of aliphatic imine (C=N–C) groups is 1. The molecular formula is C32H49N3O7. The summed E-state index contributed by atoms with van der Waals surface area (Å²) in [6, 6.07) is 0. The molecule has 10 atom stereocenters. The molecule has 8 N–H and O–H groups in total. The molecule has 0 radical (unpaired) electrons. The number of Topliss-reactive ketones (excluding diaryl/α,β-unsaturated/α-hetero) is 2. The third-order valence-electron chi connectivity index (χ3n) is 12.4. The zero-order chi connectivity index (χ0) is 31.7. The standard InChI is InChI=1S/C32H49N3O7/c1-15(27(41)42)10-19(36)17(14-35-28(33)34)16(2)18-11-24(40)32(7)26-20(37)12-22-29(3,4)23(39)8-9-30(22,5)25(26)21(38)13-31(18,32)6/h10,16-20,22,24,36-37,40H,8-9,11-14H2,1-7H3,(H,41,42)(H4,33,34,35)/b15-10+/t16-,17+,18-,19-,20-,22-,24+,30+,31-,32+/m1/s1. The van der Waals surface area contributed by atoms with Crippen molar-refractivity contribution < 1.29 is 34.8 Å². The first kappa shape index (κ1) is 32.4. The second-order valence-electron chi connectivity index (χ2n) is 14.7. The molecule has 10 nitrogen and oxygen atoms in total. The highest BCUT2D eigenvalue weighted by Crippen LogP contribution is 2.71. The van der Waals surface area contributed by atoms with E-state index in [9.17, 15) is 34.8 Å². The van der Waals surface area contributed by atoms with Crippen molar-refractivity contribution in [2.24, 2.45) is 61.8 Å². The van der Waals surface area contributed by atoms with Crippen molar-refractivity contribution in [1.82, 2.24) is 0 Å². The summed E-state index contributed by atoms with van der Waals surface area (Å²) in [4.78, 5) is 42.9. The largest absolute Gasteiger partial charge is 0.478 e. The van der Waals surface area contributed by atoms with Gasteiger partial charge in [0.05, 0.1) is 18.3 Å². The van der Waals surface area contributed by atoms with Crippen LogP contribution in [-0.4, -0.2) is 68.8 Å². The molecule has 0 aromatic carbocycles. The smallest absolute Gasteiger partial charge is 0.331 e. The van der Waals surface area contributed by atoms with Crippen LogP contribution >= 0.6 is 0 Å². The second-order valence-corrected chi connectivity index (χ2v) is 14.7. The number of hydrogen-bond donors (Lipinski definition) is 6. The van der Waals surface area contributed by atoms with E-state index in [2.05, 4.69) is 11.9 Å². The first-order chi connectivity index (χ1) is 19.2. The van der Waals surface area contributed by atoms with Gasteiger partial charge < -0.3 is 31.9 Å². The fraction of sp³-hybridized carbons (Fsp3) is 0.750. The number of carbonyl (C=O) groups excluding carboxylic acids is 2. The highest BCUT2D eigenvalue weighted by atomic mass is 16.4. The monoisotopic (exact) mass is 587 g/mol. The Balaban J connectivity index is 1.82. The molecular weight excluding hydrogens is 538 g/mol. The van der Waals surface area contributed by atoms with Gasteiger partial charge in [-0.2, -0.15) is 0 Å². The van der Waals surface area contributed by atoms with Crippen LogP contribution < -0.4 is 11.5 Å². The van der Waals surface area contributed by atoms with E-state index in [0.717, 1.165) is 0 Å². The van der Waals surface area contributed by atoms with Gasteiger partial charge in [-0.15, -0.1) is 0 Å². The normalized spacial score (nSPS) is 40.0. The van der Waals surface area contributed by atoms with Gasteiger partial charge in [0.25, 0.3) is 0 Å². The Hall–Kier alpha value is -2.56. The van der Waals surface area contributed by atoms with E-state index >= 15 is 0 Å². The van der Waals surface area contributed by atoms with Crippen molar-refractivity contribution in [1.29, 1.82) is 0 Å². The van der Waals surface area contributed by atoms with E-state index in [1.807, 2.05) is 34.6 Å². The molecule has 0 bridgehead atoms. The third kappa shape index (κ3) is 4.56. The Bertz CT molecular complexity index is 1270. The number of rotatable bonds is 7. The number of carbonyl (C=O) groups is 3. The van der Waals surface area contributed by atoms with Crippen LogP contribution in [0.4, 0.5) is 0 Å². The minimum Gasteiger partial charge on any atom is -0.478 e. The molecule has 4 aliphatic rings. The van der Waals surface area contributed by atoms with E-state index in [4.69, 9.17) is 11.5 Å². The number of ketones is 2. The summed E-state index contributed by atoms with van der Waals surface area (Å²) in [5, 5.41) is 44.2. The zero-order valence-electron chi connectivity index (χ0n) is 26.0. The fourth-order valence-electron chi connectivity index (χ4n) is 9.67. The molecule has 2 saturated carbocycles. The van der Waals surface area contributed by atoms with Crippen LogP contribution in [0.2, 0.25) is 0 Å². The lowest BCUT2D eigenvalue weighted by molar-refractivity contribution is -0.146. The van der Waals surface area contributed by atoms with E-state index in [-0.39, 0.29) is 53.8 Å². The van der Waals surface area contributed by atoms with Crippen molar-refractivity contribution >= 4 is 23.5 Å². The predicted octanol–water partition coefficient (Wildman–Crippen LogP) is 2.34. The number of aliphatic hydroxyl groups excluding tert-OH is 3. The number of aliphatic hydroxyl groups is 3. The number of nitrogens with zero attached hydrogens (tertiary/aromatic N) is 1. The minimum absolute atomic E-state index is 0.0171. The Morgan fingerprint density at radius 3 is 2.31 bits per heavy atom. The van der Waals surface area contributed by atoms with Crippen LogP contribution in [-0.2, 0) is 14.4 Å². The van der Waals surface area contributed by atoms with Crippen molar-refractivity contribution in [2.45, 2.75) is 98.9 Å². The van der Waals surface area contributed by atoms with Gasteiger partial charge in [-0.25, -0.2) is 4.79 Å². The first-order valence-electron chi connectivity index (χ1n) is 15.1. The number of fused-ring (bicyclic) bond motifs is 4. The van der Waals surface area contributed by atoms with Crippen molar-refractivity contribution in [2.75, 3.05) is 6.54 Å². The van der Waals surface area contributed by atoms with Crippen molar-refractivity contribution in [3.05, 3.63) is 22.8 Å². The predicted molar refractivity (Wildman–Crippen MR) is 158 cm³/mol. The molecule has 0 spiro atoms. The Labute approximate surface area is 248 Å². The highest BCUT2D eigenvalue weighted by Gasteiger charge is 2.70. The van der Waals surface area contributed by atoms with Crippen LogP contribution in [0.1, 0.15) is 80.6 Å². The van der Waals surface area contributed by atoms with Crippen molar-refractivity contribution in [3.63, 3.8) is 0 Å². The summed E-state index contributed by atoms with van der Waals surface area (Å²) < 4.78 is 0. The number of allylic oxidation sites excluding steroid dienone is 1. The quantitative estimate of drug-likeness (QED) is 0.147. The molecule has 2 fully saturated rings. The van der Waals surface area contributed by atoms with Crippen LogP contribution in [0.3, 0.4) is 0 Å². The van der Waals surface area contributed by atoms with Gasteiger partial charge in [-0.3, -0.25) is 14.6 Å². The SMILES string of the molecule is C/C(=C\[C@@H](O)[C@@H](CN=C(N)N)[C@@H](C)[C@H]1C[C@H](O)[C@@]2(C)C3=C(C(=O)C[C@]12C)[C@@]1(C)CCC(=O)C(C)(C)[C@H]1C[C@H]3O)C(=O)O. The minimum atomic E-state index is -1.19. The summed E-state index contributed by atoms with van der Waals surface area (Å²) in [6.45, 7) is 13.2. The summed E-state index contributed by atoms with van der Waals surface area (Å²) in [5.41, 5.74) is 9.41. The van der Waals surface area contributed by atoms with Crippen LogP contribution in [0, 0.1) is 45.3 Å². The van der Waals surface area contributed by atoms with Gasteiger partial charge in [-0.05, 0) is 61.0 Å². The average Bonchev–Trinajstić information content (AvgIpc) is 3.08. The van der Waals surface area contributed by atoms with E-state index in [1.54, 1.807) is 0 Å². The topological polar surface area (TPSA) is 197 Å². The van der Waals surface area contributed by atoms with E-state index in [1.165, 1.54) is 13.0 Å². The number of aliphatic carboxylic acids is 1. The molecule has 0 aliphatic heterocycles. The summed E-state index contributed by atoms with van der Waals surface area (Å²) in [6.07, 6.45) is -0.0691. The molecule has 0 aromatic rings. The lowest BCUT2D eigenvalue weighted by Crippen LogP contribution is -2.60. The number of guanidine groups is 1. The lowest BCUT2D eigenvalue weighted by Gasteiger charge is -2.61. The number of nitrogens with two attached hydrogens (primary N) is 2. The Kier molecular flexibility index (Phi) is 8.13. The Morgan fingerprint density at radius 2 is 1.74 bits per heavy atom. The summed E-state index contributed by atoms with van der Waals surface area (Å²) >= 11 is 0. The van der Waals surface area contributed by atoms with Gasteiger partial charge in [0, 0.05) is 52.7 Å². The van der Waals surface area contributed by atoms with Gasteiger partial charge in [-0.1, -0.05) is 41.5 Å². The molecule has 234 valence electrons. The van der Waals surface area contributed by atoms with Crippen LogP contribution in [0.5, 0.6) is 0 Å². The molecule has 0 heterocycles. The van der Waals surface area contributed by atoms with E-state index < -0.39 is 51.9 Å². The molecule has 4 aliphatic carbocycles. The van der Waals surface area contributed by atoms with Crippen LogP contribution in [0.25, 0.3) is 0 Å². The molecule has 0 unspecified atom stereocenters. The number of hydrogen-bond acceptors (Lipinski definition) is 7. The summed E-state index contributed by atoms with van der Waals surface area (Å²) in [7, 11) is 0. The third-order valence-corrected chi connectivity index (χ3v) is 12.4. The van der Waals surface area contributed by atoms with Gasteiger partial charge >= 0.3 is 5.97 Å². The number of carboxylic acid groups (broad SMARTS) is 1. The van der Waals surface area contributed by atoms with Gasteiger partial charge in [0.15, 0.2) is 11.7 Å². The maximum atomic E-state index is 14.3. The Morgan fingerprint density at radius 1 is 1.12 bits per heavy atom. The summed E-state index contributed by atoms with van der Waals surface area (Å²) in [5.74, 6) is -2.66. The molecule has 0 saturated heterocycles. The van der Waals surface area contributed by atoms with E-state index in [0.29, 0.717) is 36.8 Å². The van der Waals surface area contributed by atoms with Gasteiger partial charge in [0.2, 0.25) is 0 Å². The maximum absolute atomic E-state index is 14.3. The lowest BCUT2D eigenvalue weighted by atomic mass is 9.42. The molecule has 42 heavy (non-hydrogen) atoms.